The first-order chi connectivity index (χ1) is 7.02. The molecule has 1 saturated heterocycles. The third kappa shape index (κ3) is 2.12. The largest absolute Gasteiger partial charge is 0.385 e. The zero-order valence-corrected chi connectivity index (χ0v) is 9.72. The predicted molar refractivity (Wildman–Crippen MR) is 54.3 cm³/mol. The van der Waals surface area contributed by atoms with Crippen LogP contribution in [0.2, 0.25) is 0 Å². The summed E-state index contributed by atoms with van der Waals surface area (Å²) in [5.41, 5.74) is -0.744. The van der Waals surface area contributed by atoms with Crippen LogP contribution in [0.25, 0.3) is 0 Å². The minimum Gasteiger partial charge on any atom is -0.385 e. The molecule has 2 N–H and O–H groups in total. The number of benzene rings is 1. The molecule has 89 valence electrons. The summed E-state index contributed by atoms with van der Waals surface area (Å²) >= 11 is 0. The number of aliphatic hydroxyl groups is 2. The molecule has 4 nitrogen and oxygen atoms in total. The van der Waals surface area contributed by atoms with E-state index in [4.69, 9.17) is 0 Å². The molecule has 1 heterocycles. The molecule has 1 fully saturated rings. The van der Waals surface area contributed by atoms with E-state index in [0.29, 0.717) is 5.69 Å². The van der Waals surface area contributed by atoms with E-state index in [0.717, 1.165) is 0 Å². The molecule has 0 spiro atoms. The summed E-state index contributed by atoms with van der Waals surface area (Å²) in [6, 6.07) is 9.70. The van der Waals surface area contributed by atoms with Gasteiger partial charge in [0.25, 0.3) is 0 Å². The van der Waals surface area contributed by atoms with Gasteiger partial charge in [0.1, 0.15) is 5.60 Å². The summed E-state index contributed by atoms with van der Waals surface area (Å²) in [6.45, 7) is 1.55. The molecule has 1 radical (unpaired) electrons. The number of aliphatic hydroxyl groups excluding tert-OH is 1. The second-order valence-electron chi connectivity index (χ2n) is 3.95. The number of amides is 1. The Kier molecular flexibility index (Phi) is 3.74. The van der Waals surface area contributed by atoms with Crippen molar-refractivity contribution in [3.63, 3.8) is 0 Å². The molecule has 1 amide bonds. The van der Waals surface area contributed by atoms with Gasteiger partial charge in [0.2, 0.25) is 5.91 Å². The van der Waals surface area contributed by atoms with Crippen LogP contribution in [0.4, 0.5) is 5.69 Å². The van der Waals surface area contributed by atoms with Crippen LogP contribution < -0.4 is 4.90 Å². The second kappa shape index (κ2) is 4.54. The molecule has 16 heavy (non-hydrogen) atoms. The van der Waals surface area contributed by atoms with Crippen LogP contribution in [-0.4, -0.2) is 34.4 Å². The number of hydrogen-bond donors (Lipinski definition) is 2. The first-order valence-corrected chi connectivity index (χ1v) is 4.70. The summed E-state index contributed by atoms with van der Waals surface area (Å²) in [5.74, 6) is -0.473. The van der Waals surface area contributed by atoms with Gasteiger partial charge in [-0.15, -0.1) is 6.07 Å². The van der Waals surface area contributed by atoms with E-state index in [9.17, 15) is 15.0 Å². The fourth-order valence-corrected chi connectivity index (χ4v) is 1.67. The number of carbonyl (C=O) groups excluding carboxylic acids is 1. The summed E-state index contributed by atoms with van der Waals surface area (Å²) in [7, 11) is 0. The average molecular weight is 265 g/mol. The first-order valence-electron chi connectivity index (χ1n) is 4.70. The molecule has 1 aromatic rings. The molecule has 0 aromatic heterocycles. The van der Waals surface area contributed by atoms with E-state index in [1.54, 1.807) is 24.3 Å². The van der Waals surface area contributed by atoms with Crippen molar-refractivity contribution < 1.29 is 31.8 Å². The third-order valence-electron chi connectivity index (χ3n) is 2.57. The van der Waals surface area contributed by atoms with Gasteiger partial charge in [-0.1, -0.05) is 5.69 Å². The maximum Gasteiger partial charge on any atom is 0.248 e. The molecule has 2 rings (SSSR count). The van der Waals surface area contributed by atoms with Gasteiger partial charge in [0.15, 0.2) is 6.10 Å². The van der Waals surface area contributed by atoms with E-state index in [2.05, 4.69) is 6.07 Å². The minimum atomic E-state index is -1.38. The Labute approximate surface area is 104 Å². The monoisotopic (exact) mass is 265 g/mol. The zero-order valence-electron chi connectivity index (χ0n) is 8.68. The van der Waals surface area contributed by atoms with Crippen molar-refractivity contribution in [2.24, 2.45) is 0 Å². The molecule has 0 aliphatic carbocycles. The first kappa shape index (κ1) is 13.2. The third-order valence-corrected chi connectivity index (χ3v) is 2.57. The van der Waals surface area contributed by atoms with Crippen LogP contribution >= 0.6 is 0 Å². The second-order valence-corrected chi connectivity index (χ2v) is 3.95. The standard InChI is InChI=1S/C11H12NO3.Co/c1-11(15)7-12(10(14)9(11)13)8-5-3-2-4-6-8;/h2-3,5-6,9,13,15H,7H2,1H3;/q-1;/t9-,11+;/m1./s1. The van der Waals surface area contributed by atoms with Gasteiger partial charge in [-0.2, -0.15) is 24.3 Å². The van der Waals surface area contributed by atoms with Gasteiger partial charge in [-0.25, -0.2) is 0 Å². The number of anilines is 1. The van der Waals surface area contributed by atoms with Gasteiger partial charge in [-0.05, 0) is 6.92 Å². The van der Waals surface area contributed by atoms with Crippen LogP contribution in [-0.2, 0) is 21.6 Å². The molecule has 1 aromatic carbocycles. The van der Waals surface area contributed by atoms with E-state index >= 15 is 0 Å². The van der Waals surface area contributed by atoms with Crippen LogP contribution in [0.1, 0.15) is 6.92 Å². The molecule has 0 bridgehead atoms. The molecule has 1 aliphatic rings. The Bertz CT molecular complexity index is 380. The van der Waals surface area contributed by atoms with Crippen molar-refractivity contribution in [2.45, 2.75) is 18.6 Å². The maximum absolute atomic E-state index is 11.6. The molecule has 2 atom stereocenters. The van der Waals surface area contributed by atoms with Gasteiger partial charge < -0.3 is 15.1 Å². The van der Waals surface area contributed by atoms with Crippen LogP contribution in [0.3, 0.4) is 0 Å². The Hall–Kier alpha value is -0.884. The number of rotatable bonds is 1. The van der Waals surface area contributed by atoms with Crippen molar-refractivity contribution in [3.8, 4) is 0 Å². The Morgan fingerprint density at radius 3 is 2.75 bits per heavy atom. The molecule has 0 saturated carbocycles. The van der Waals surface area contributed by atoms with Gasteiger partial charge in [-0.3, -0.25) is 4.79 Å². The summed E-state index contributed by atoms with van der Waals surface area (Å²) < 4.78 is 0. The van der Waals surface area contributed by atoms with E-state index in [1.807, 2.05) is 0 Å². The van der Waals surface area contributed by atoms with Crippen molar-refractivity contribution >= 4 is 11.6 Å². The molecular formula is C11H12CoNO3-. The van der Waals surface area contributed by atoms with Crippen LogP contribution in [0, 0.1) is 6.07 Å². The summed E-state index contributed by atoms with van der Waals surface area (Å²) in [6.07, 6.45) is -1.35. The SMILES string of the molecule is C[C@]1(O)CN(c2c[c-]ccc2)C(=O)[C@H]1O.[Co]. The predicted octanol–water partition coefficient (Wildman–Crippen LogP) is -0.0572. The molecule has 0 unspecified atom stereocenters. The Balaban J connectivity index is 0.00000128. The van der Waals surface area contributed by atoms with E-state index in [-0.39, 0.29) is 23.3 Å². The fraction of sp³-hybridized carbons (Fsp3) is 0.364. The van der Waals surface area contributed by atoms with Crippen molar-refractivity contribution in [1.82, 2.24) is 0 Å². The Morgan fingerprint density at radius 2 is 2.31 bits per heavy atom. The van der Waals surface area contributed by atoms with Crippen molar-refractivity contribution in [1.29, 1.82) is 0 Å². The number of carbonyl (C=O) groups is 1. The van der Waals surface area contributed by atoms with Gasteiger partial charge in [0, 0.05) is 23.3 Å². The van der Waals surface area contributed by atoms with Crippen molar-refractivity contribution in [3.05, 3.63) is 30.3 Å². The number of nitrogens with zero attached hydrogens (tertiary/aromatic N) is 1. The smallest absolute Gasteiger partial charge is 0.248 e. The average Bonchev–Trinajstić information content (AvgIpc) is 2.44. The molecular weight excluding hydrogens is 253 g/mol. The van der Waals surface area contributed by atoms with E-state index in [1.165, 1.54) is 11.8 Å². The summed E-state index contributed by atoms with van der Waals surface area (Å²) in [4.78, 5) is 13.0. The topological polar surface area (TPSA) is 60.8 Å². The van der Waals surface area contributed by atoms with Crippen molar-refractivity contribution in [2.75, 3.05) is 11.4 Å². The summed E-state index contributed by atoms with van der Waals surface area (Å²) in [5, 5.41) is 19.2. The molecule has 1 aliphatic heterocycles. The zero-order chi connectivity index (χ0) is 11.1. The van der Waals surface area contributed by atoms with Gasteiger partial charge in [0.05, 0.1) is 0 Å². The normalized spacial score (nSPS) is 29.1. The van der Waals surface area contributed by atoms with Crippen LogP contribution in [0.5, 0.6) is 0 Å². The molecule has 5 heteroatoms. The number of hydrogen-bond acceptors (Lipinski definition) is 3. The minimum absolute atomic E-state index is 0. The Morgan fingerprint density at radius 1 is 1.62 bits per heavy atom. The maximum atomic E-state index is 11.6. The quantitative estimate of drug-likeness (QED) is 0.699. The van der Waals surface area contributed by atoms with E-state index < -0.39 is 17.6 Å². The number of β-amino-alcohol motifs (C(OH)–C–C–N with tert-alkyl or cyclic N) is 1. The van der Waals surface area contributed by atoms with Crippen LogP contribution in [0.15, 0.2) is 24.3 Å². The fourth-order valence-electron chi connectivity index (χ4n) is 1.67. The van der Waals surface area contributed by atoms with Gasteiger partial charge >= 0.3 is 0 Å².